The van der Waals surface area contributed by atoms with Crippen LogP contribution in [-0.2, 0) is 12.7 Å². The molecule has 0 radical (unpaired) electrons. The van der Waals surface area contributed by atoms with Crippen molar-refractivity contribution in [3.05, 3.63) is 82.5 Å². The standard InChI is InChI=1S/C17H12F3NO2/c18-17(19,20)14-4-1-3-12(9-14)10-21-11-13(6-7-16(21)22)15-5-2-8-23-15/h1-9,11H,10H2. The average Bonchev–Trinajstić information content (AvgIpc) is 3.03. The fraction of sp³-hybridized carbons (Fsp3) is 0.118. The van der Waals surface area contributed by atoms with E-state index in [0.29, 0.717) is 16.9 Å². The maximum atomic E-state index is 12.8. The summed E-state index contributed by atoms with van der Waals surface area (Å²) in [5, 5.41) is 0. The minimum atomic E-state index is -4.41. The van der Waals surface area contributed by atoms with Crippen molar-refractivity contribution >= 4 is 0 Å². The van der Waals surface area contributed by atoms with Crippen LogP contribution >= 0.6 is 0 Å². The fourth-order valence-corrected chi connectivity index (χ4v) is 2.29. The van der Waals surface area contributed by atoms with Gasteiger partial charge in [-0.15, -0.1) is 0 Å². The number of aromatic nitrogens is 1. The summed E-state index contributed by atoms with van der Waals surface area (Å²) in [6.45, 7) is 0.0529. The first-order chi connectivity index (χ1) is 10.9. The van der Waals surface area contributed by atoms with Gasteiger partial charge >= 0.3 is 6.18 Å². The second-order valence-corrected chi connectivity index (χ2v) is 5.06. The van der Waals surface area contributed by atoms with E-state index >= 15 is 0 Å². The summed E-state index contributed by atoms with van der Waals surface area (Å²) < 4.78 is 44.9. The Balaban J connectivity index is 1.94. The maximum Gasteiger partial charge on any atom is 0.416 e. The van der Waals surface area contributed by atoms with Crippen LogP contribution in [0.25, 0.3) is 11.3 Å². The highest BCUT2D eigenvalue weighted by atomic mass is 19.4. The van der Waals surface area contributed by atoms with Gasteiger partial charge in [-0.25, -0.2) is 0 Å². The van der Waals surface area contributed by atoms with Crippen molar-refractivity contribution in [2.45, 2.75) is 12.7 Å². The summed E-state index contributed by atoms with van der Waals surface area (Å²) >= 11 is 0. The van der Waals surface area contributed by atoms with Crippen molar-refractivity contribution in [1.82, 2.24) is 4.57 Å². The number of pyridine rings is 1. The lowest BCUT2D eigenvalue weighted by atomic mass is 10.1. The molecule has 0 spiro atoms. The van der Waals surface area contributed by atoms with Crippen molar-refractivity contribution in [3.63, 3.8) is 0 Å². The highest BCUT2D eigenvalue weighted by Gasteiger charge is 2.30. The zero-order valence-electron chi connectivity index (χ0n) is 11.9. The SMILES string of the molecule is O=c1ccc(-c2ccco2)cn1Cc1cccc(C(F)(F)F)c1. The quantitative estimate of drug-likeness (QED) is 0.726. The minimum Gasteiger partial charge on any atom is -0.464 e. The zero-order chi connectivity index (χ0) is 16.4. The molecule has 2 heterocycles. The highest BCUT2D eigenvalue weighted by Crippen LogP contribution is 2.29. The molecule has 6 heteroatoms. The summed E-state index contributed by atoms with van der Waals surface area (Å²) in [7, 11) is 0. The molecule has 0 N–H and O–H groups in total. The summed E-state index contributed by atoms with van der Waals surface area (Å²) in [6.07, 6.45) is -1.32. The Bertz CT molecular complexity index is 864. The van der Waals surface area contributed by atoms with Crippen LogP contribution in [0.1, 0.15) is 11.1 Å². The van der Waals surface area contributed by atoms with Gasteiger partial charge in [-0.05, 0) is 35.9 Å². The lowest BCUT2D eigenvalue weighted by molar-refractivity contribution is -0.137. The molecule has 0 saturated heterocycles. The smallest absolute Gasteiger partial charge is 0.416 e. The lowest BCUT2D eigenvalue weighted by Gasteiger charge is -2.10. The Hall–Kier alpha value is -2.76. The third-order valence-corrected chi connectivity index (χ3v) is 3.40. The van der Waals surface area contributed by atoms with Crippen LogP contribution in [0, 0.1) is 0 Å². The van der Waals surface area contributed by atoms with Gasteiger partial charge in [0.1, 0.15) is 5.76 Å². The summed E-state index contributed by atoms with van der Waals surface area (Å²) in [5.74, 6) is 0.586. The molecule has 0 aliphatic heterocycles. The van der Waals surface area contributed by atoms with E-state index in [9.17, 15) is 18.0 Å². The Morgan fingerprint density at radius 2 is 1.87 bits per heavy atom. The number of halogens is 3. The van der Waals surface area contributed by atoms with Gasteiger partial charge in [-0.2, -0.15) is 13.2 Å². The van der Waals surface area contributed by atoms with Crippen LogP contribution in [0.4, 0.5) is 13.2 Å². The van der Waals surface area contributed by atoms with E-state index in [0.717, 1.165) is 12.1 Å². The van der Waals surface area contributed by atoms with Crippen molar-refractivity contribution in [2.24, 2.45) is 0 Å². The highest BCUT2D eigenvalue weighted by molar-refractivity contribution is 5.55. The molecule has 0 saturated carbocycles. The molecule has 3 rings (SSSR count). The number of alkyl halides is 3. The number of hydrogen-bond acceptors (Lipinski definition) is 2. The third kappa shape index (κ3) is 3.36. The van der Waals surface area contributed by atoms with Crippen LogP contribution in [0.2, 0.25) is 0 Å². The number of nitrogens with zero attached hydrogens (tertiary/aromatic N) is 1. The summed E-state index contributed by atoms with van der Waals surface area (Å²) in [5.41, 5.74) is 0.0584. The van der Waals surface area contributed by atoms with Gasteiger partial charge in [-0.3, -0.25) is 4.79 Å². The van der Waals surface area contributed by atoms with Gasteiger partial charge in [0.15, 0.2) is 0 Å². The monoisotopic (exact) mass is 319 g/mol. The summed E-state index contributed by atoms with van der Waals surface area (Å²) in [6, 6.07) is 11.4. The van der Waals surface area contributed by atoms with Crippen LogP contribution < -0.4 is 5.56 Å². The Morgan fingerprint density at radius 3 is 2.57 bits per heavy atom. The van der Waals surface area contributed by atoms with Gasteiger partial charge in [0.05, 0.1) is 18.4 Å². The van der Waals surface area contributed by atoms with E-state index in [1.807, 2.05) is 0 Å². The Labute approximate surface area is 129 Å². The van der Waals surface area contributed by atoms with Crippen LogP contribution in [0.5, 0.6) is 0 Å². The second-order valence-electron chi connectivity index (χ2n) is 5.06. The lowest BCUT2D eigenvalue weighted by Crippen LogP contribution is -2.19. The first-order valence-electron chi connectivity index (χ1n) is 6.84. The van der Waals surface area contributed by atoms with Gasteiger partial charge in [0.2, 0.25) is 0 Å². The van der Waals surface area contributed by atoms with E-state index in [1.54, 1.807) is 30.5 Å². The van der Waals surface area contributed by atoms with Crippen LogP contribution in [-0.4, -0.2) is 4.57 Å². The number of furan rings is 1. The molecule has 118 valence electrons. The molecule has 2 aromatic heterocycles. The van der Waals surface area contributed by atoms with Gasteiger partial charge in [-0.1, -0.05) is 12.1 Å². The van der Waals surface area contributed by atoms with Crippen molar-refractivity contribution < 1.29 is 17.6 Å². The van der Waals surface area contributed by atoms with E-state index in [-0.39, 0.29) is 12.1 Å². The van der Waals surface area contributed by atoms with E-state index in [1.165, 1.54) is 23.0 Å². The second kappa shape index (κ2) is 5.79. The topological polar surface area (TPSA) is 35.1 Å². The first kappa shape index (κ1) is 15.1. The minimum absolute atomic E-state index is 0.0529. The zero-order valence-corrected chi connectivity index (χ0v) is 11.9. The Morgan fingerprint density at radius 1 is 1.04 bits per heavy atom. The Kier molecular flexibility index (Phi) is 3.82. The molecule has 0 aliphatic rings. The van der Waals surface area contributed by atoms with Gasteiger partial charge in [0, 0.05) is 17.8 Å². The number of benzene rings is 1. The molecule has 0 atom stereocenters. The first-order valence-corrected chi connectivity index (χ1v) is 6.84. The van der Waals surface area contributed by atoms with Gasteiger partial charge < -0.3 is 8.98 Å². The van der Waals surface area contributed by atoms with Crippen LogP contribution in [0.3, 0.4) is 0 Å². The predicted octanol–water partition coefficient (Wildman–Crippen LogP) is 4.18. The summed E-state index contributed by atoms with van der Waals surface area (Å²) in [4.78, 5) is 11.9. The van der Waals surface area contributed by atoms with Crippen molar-refractivity contribution in [2.75, 3.05) is 0 Å². The largest absolute Gasteiger partial charge is 0.464 e. The fourth-order valence-electron chi connectivity index (χ4n) is 2.29. The molecule has 0 amide bonds. The maximum absolute atomic E-state index is 12.8. The molecule has 0 unspecified atom stereocenters. The van der Waals surface area contributed by atoms with Crippen LogP contribution in [0.15, 0.2) is 70.2 Å². The molecular weight excluding hydrogens is 307 g/mol. The molecule has 3 nitrogen and oxygen atoms in total. The number of rotatable bonds is 3. The van der Waals surface area contributed by atoms with Crippen molar-refractivity contribution in [3.8, 4) is 11.3 Å². The third-order valence-electron chi connectivity index (χ3n) is 3.40. The molecule has 23 heavy (non-hydrogen) atoms. The predicted molar refractivity (Wildman–Crippen MR) is 79.0 cm³/mol. The molecule has 3 aromatic rings. The van der Waals surface area contributed by atoms with E-state index in [4.69, 9.17) is 4.42 Å². The molecular formula is C17H12F3NO2. The normalized spacial score (nSPS) is 11.6. The molecule has 0 fully saturated rings. The molecule has 1 aromatic carbocycles. The van der Waals surface area contributed by atoms with Crippen molar-refractivity contribution in [1.29, 1.82) is 0 Å². The average molecular weight is 319 g/mol. The van der Waals surface area contributed by atoms with E-state index < -0.39 is 11.7 Å². The number of hydrogen-bond donors (Lipinski definition) is 0. The molecule has 0 aliphatic carbocycles. The molecule has 0 bridgehead atoms. The van der Waals surface area contributed by atoms with Gasteiger partial charge in [0.25, 0.3) is 5.56 Å². The van der Waals surface area contributed by atoms with E-state index in [2.05, 4.69) is 0 Å².